The highest BCUT2D eigenvalue weighted by Crippen LogP contribution is 2.27. The van der Waals surface area contributed by atoms with Gasteiger partial charge in [0.15, 0.2) is 0 Å². The average Bonchev–Trinajstić information content (AvgIpc) is 2.76. The van der Waals surface area contributed by atoms with Gasteiger partial charge >= 0.3 is 11.6 Å². The first-order valence-electron chi connectivity index (χ1n) is 9.05. The third kappa shape index (κ3) is 4.01. The number of nitrogens with one attached hydrogen (secondary N) is 1. The van der Waals surface area contributed by atoms with Crippen LogP contribution in [0.1, 0.15) is 15.9 Å². The lowest BCUT2D eigenvalue weighted by atomic mass is 10.0. The molecule has 0 aliphatic heterocycles. The first-order valence-corrected chi connectivity index (χ1v) is 9.05. The number of carbonyl (C=O) groups is 2. The molecule has 0 saturated carbocycles. The Labute approximate surface area is 165 Å². The Hall–Kier alpha value is -3.93. The van der Waals surface area contributed by atoms with Crippen molar-refractivity contribution in [1.29, 1.82) is 0 Å². The Bertz CT molecular complexity index is 1260. The molecular weight excluding hydrogens is 370 g/mol. The molecular formula is C23H17NO5. The number of amides is 1. The zero-order valence-corrected chi connectivity index (χ0v) is 15.4. The molecule has 0 unspecified atom stereocenters. The van der Waals surface area contributed by atoms with Crippen molar-refractivity contribution in [3.8, 4) is 0 Å². The highest BCUT2D eigenvalue weighted by atomic mass is 16.5. The average molecular weight is 387 g/mol. The second-order valence-corrected chi connectivity index (χ2v) is 6.46. The number of rotatable bonds is 5. The normalized spacial score (nSPS) is 10.8. The summed E-state index contributed by atoms with van der Waals surface area (Å²) in [6.07, 6.45) is 0. The fraction of sp³-hybridized carbons (Fsp3) is 0.0870. The van der Waals surface area contributed by atoms with Gasteiger partial charge in [-0.1, -0.05) is 48.5 Å². The van der Waals surface area contributed by atoms with Gasteiger partial charge in [0.05, 0.1) is 0 Å². The van der Waals surface area contributed by atoms with Gasteiger partial charge in [-0.25, -0.2) is 4.79 Å². The summed E-state index contributed by atoms with van der Waals surface area (Å²) < 4.78 is 10.6. The van der Waals surface area contributed by atoms with Gasteiger partial charge in [0.25, 0.3) is 5.91 Å². The van der Waals surface area contributed by atoms with Crippen molar-refractivity contribution in [3.05, 3.63) is 94.3 Å². The van der Waals surface area contributed by atoms with Crippen LogP contribution in [-0.4, -0.2) is 18.4 Å². The first kappa shape index (κ1) is 18.4. The molecule has 0 radical (unpaired) electrons. The molecule has 4 aromatic rings. The molecule has 0 saturated heterocycles. The molecule has 4 rings (SSSR count). The predicted molar refractivity (Wildman–Crippen MR) is 109 cm³/mol. The van der Waals surface area contributed by atoms with Gasteiger partial charge < -0.3 is 14.5 Å². The molecule has 29 heavy (non-hydrogen) atoms. The lowest BCUT2D eigenvalue weighted by Gasteiger charge is -2.10. The van der Waals surface area contributed by atoms with E-state index in [2.05, 4.69) is 5.32 Å². The molecule has 0 spiro atoms. The van der Waals surface area contributed by atoms with E-state index in [-0.39, 0.29) is 19.1 Å². The Morgan fingerprint density at radius 3 is 2.52 bits per heavy atom. The highest BCUT2D eigenvalue weighted by Gasteiger charge is 2.13. The van der Waals surface area contributed by atoms with E-state index in [4.69, 9.17) is 9.15 Å². The molecule has 3 aromatic carbocycles. The van der Waals surface area contributed by atoms with Gasteiger partial charge in [-0.05, 0) is 29.0 Å². The monoisotopic (exact) mass is 387 g/mol. The molecule has 0 bridgehead atoms. The zero-order chi connectivity index (χ0) is 20.2. The van der Waals surface area contributed by atoms with Crippen LogP contribution in [0.5, 0.6) is 0 Å². The third-order valence-electron chi connectivity index (χ3n) is 4.53. The molecule has 6 nitrogen and oxygen atoms in total. The summed E-state index contributed by atoms with van der Waals surface area (Å²) >= 11 is 0. The summed E-state index contributed by atoms with van der Waals surface area (Å²) in [6, 6.07) is 21.2. The van der Waals surface area contributed by atoms with E-state index in [1.807, 2.05) is 30.3 Å². The summed E-state index contributed by atoms with van der Waals surface area (Å²) in [5.74, 6) is -0.963. The second kappa shape index (κ2) is 7.98. The van der Waals surface area contributed by atoms with E-state index in [1.54, 1.807) is 36.4 Å². The molecule has 0 aliphatic rings. The second-order valence-electron chi connectivity index (χ2n) is 6.46. The lowest BCUT2D eigenvalue weighted by Crippen LogP contribution is -2.30. The van der Waals surface area contributed by atoms with Crippen molar-refractivity contribution < 1.29 is 18.7 Å². The molecule has 1 N–H and O–H groups in total. The van der Waals surface area contributed by atoms with E-state index in [0.29, 0.717) is 16.7 Å². The van der Waals surface area contributed by atoms with Crippen LogP contribution >= 0.6 is 0 Å². The van der Waals surface area contributed by atoms with Crippen LogP contribution in [0.2, 0.25) is 0 Å². The Morgan fingerprint density at radius 1 is 0.931 bits per heavy atom. The molecule has 144 valence electrons. The maximum absolute atomic E-state index is 12.1. The quantitative estimate of drug-likeness (QED) is 0.322. The number of carbonyl (C=O) groups excluding carboxylic acids is 2. The Kier molecular flexibility index (Phi) is 5.07. The number of hydrogen-bond donors (Lipinski definition) is 1. The number of ether oxygens (including phenoxy) is 1. The number of esters is 1. The predicted octanol–water partition coefficient (Wildman–Crippen LogP) is 3.42. The summed E-state index contributed by atoms with van der Waals surface area (Å²) in [4.78, 5) is 36.0. The van der Waals surface area contributed by atoms with E-state index in [0.717, 1.165) is 16.2 Å². The third-order valence-corrected chi connectivity index (χ3v) is 4.53. The van der Waals surface area contributed by atoms with Crippen LogP contribution < -0.4 is 10.9 Å². The molecule has 0 fully saturated rings. The summed E-state index contributed by atoms with van der Waals surface area (Å²) in [6.45, 7) is -0.371. The fourth-order valence-corrected chi connectivity index (χ4v) is 3.19. The van der Waals surface area contributed by atoms with Crippen molar-refractivity contribution in [2.45, 2.75) is 6.61 Å². The Morgan fingerprint density at radius 2 is 1.69 bits per heavy atom. The van der Waals surface area contributed by atoms with Crippen LogP contribution in [0, 0.1) is 0 Å². The highest BCUT2D eigenvalue weighted by molar-refractivity contribution is 6.07. The van der Waals surface area contributed by atoms with E-state index < -0.39 is 11.6 Å². The van der Waals surface area contributed by atoms with Crippen LogP contribution in [0.3, 0.4) is 0 Å². The molecule has 0 atom stereocenters. The smallest absolute Gasteiger partial charge is 0.336 e. The van der Waals surface area contributed by atoms with Gasteiger partial charge in [-0.3, -0.25) is 9.59 Å². The Balaban J connectivity index is 1.51. The minimum atomic E-state index is -0.601. The van der Waals surface area contributed by atoms with Gasteiger partial charge in [0.1, 0.15) is 18.7 Å². The minimum Gasteiger partial charge on any atom is -0.459 e. The number of benzene rings is 3. The summed E-state index contributed by atoms with van der Waals surface area (Å²) in [5.41, 5.74) is 0.921. The summed E-state index contributed by atoms with van der Waals surface area (Å²) in [5, 5.41) is 5.13. The van der Waals surface area contributed by atoms with Crippen LogP contribution in [0.25, 0.3) is 21.7 Å². The molecule has 6 heteroatoms. The van der Waals surface area contributed by atoms with Crippen molar-refractivity contribution >= 4 is 33.6 Å². The van der Waals surface area contributed by atoms with Crippen molar-refractivity contribution in [2.24, 2.45) is 0 Å². The number of hydrogen-bond acceptors (Lipinski definition) is 5. The lowest BCUT2D eigenvalue weighted by molar-refractivity contribution is -0.143. The van der Waals surface area contributed by atoms with Crippen molar-refractivity contribution in [3.63, 3.8) is 0 Å². The van der Waals surface area contributed by atoms with Crippen LogP contribution in [-0.2, 0) is 16.1 Å². The molecule has 0 aliphatic carbocycles. The molecule has 1 amide bonds. The van der Waals surface area contributed by atoms with Gasteiger partial charge in [-0.2, -0.15) is 0 Å². The van der Waals surface area contributed by atoms with Crippen molar-refractivity contribution in [2.75, 3.05) is 6.54 Å². The van der Waals surface area contributed by atoms with Crippen LogP contribution in [0.15, 0.2) is 82.0 Å². The van der Waals surface area contributed by atoms with Gasteiger partial charge in [0.2, 0.25) is 0 Å². The SMILES string of the molecule is O=C(CNC(=O)c1ccccc1)OCc1cc(=O)oc2ccc3ccccc3c12. The molecule has 1 heterocycles. The fourth-order valence-electron chi connectivity index (χ4n) is 3.19. The van der Waals surface area contributed by atoms with E-state index >= 15 is 0 Å². The maximum Gasteiger partial charge on any atom is 0.336 e. The standard InChI is InChI=1S/C23H17NO5/c25-20-12-17(22-18-9-5-4-6-15(18)10-11-19(22)29-20)14-28-21(26)13-24-23(27)16-7-2-1-3-8-16/h1-12H,13-14H2,(H,24,27). The number of fused-ring (bicyclic) bond motifs is 3. The van der Waals surface area contributed by atoms with Gasteiger partial charge in [0, 0.05) is 22.6 Å². The molecule has 1 aromatic heterocycles. The minimum absolute atomic E-state index is 0.101. The zero-order valence-electron chi connectivity index (χ0n) is 15.4. The van der Waals surface area contributed by atoms with Crippen molar-refractivity contribution in [1.82, 2.24) is 5.32 Å². The van der Waals surface area contributed by atoms with E-state index in [1.165, 1.54) is 6.07 Å². The first-order chi connectivity index (χ1) is 14.1. The van der Waals surface area contributed by atoms with Gasteiger partial charge in [-0.15, -0.1) is 0 Å². The maximum atomic E-state index is 12.1. The largest absolute Gasteiger partial charge is 0.459 e. The van der Waals surface area contributed by atoms with E-state index in [9.17, 15) is 14.4 Å². The van der Waals surface area contributed by atoms with Crippen LogP contribution in [0.4, 0.5) is 0 Å². The topological polar surface area (TPSA) is 85.6 Å². The summed E-state index contributed by atoms with van der Waals surface area (Å²) in [7, 11) is 0.